The second kappa shape index (κ2) is 5.90. The lowest BCUT2D eigenvalue weighted by Crippen LogP contribution is -2.12. The number of anilines is 1. The average molecular weight is 221 g/mol. The molecule has 2 N–H and O–H groups in total. The normalized spacial score (nSPS) is 11.2. The van der Waals surface area contributed by atoms with Crippen molar-refractivity contribution in [2.24, 2.45) is 0 Å². The van der Waals surface area contributed by atoms with Gasteiger partial charge in [-0.3, -0.25) is 0 Å². The lowest BCUT2D eigenvalue weighted by atomic mass is 9.98. The first-order valence-corrected chi connectivity index (χ1v) is 6.04. The zero-order chi connectivity index (χ0) is 12.1. The summed E-state index contributed by atoms with van der Waals surface area (Å²) >= 11 is 0. The summed E-state index contributed by atoms with van der Waals surface area (Å²) in [5.74, 6) is 0.518. The Hall–Kier alpha value is -1.02. The van der Waals surface area contributed by atoms with Gasteiger partial charge in [0.15, 0.2) is 0 Å². The Morgan fingerprint density at radius 2 is 1.88 bits per heavy atom. The quantitative estimate of drug-likeness (QED) is 0.800. The molecule has 0 fully saturated rings. The molecule has 0 radical (unpaired) electrons. The first-order chi connectivity index (χ1) is 7.54. The molecule has 0 heterocycles. The molecular formula is C14H23NO. The van der Waals surface area contributed by atoms with Crippen LogP contribution in [0, 0.1) is 0 Å². The SMILES string of the molecule is CC(C)Nc1cc(CCO)ccc1C(C)C. The number of benzene rings is 1. The van der Waals surface area contributed by atoms with E-state index in [9.17, 15) is 0 Å². The molecule has 0 bridgehead atoms. The van der Waals surface area contributed by atoms with E-state index in [0.717, 1.165) is 6.42 Å². The van der Waals surface area contributed by atoms with Crippen molar-refractivity contribution in [3.8, 4) is 0 Å². The van der Waals surface area contributed by atoms with Crippen molar-refractivity contribution in [3.05, 3.63) is 29.3 Å². The molecule has 1 aromatic carbocycles. The minimum Gasteiger partial charge on any atom is -0.396 e. The van der Waals surface area contributed by atoms with E-state index in [1.807, 2.05) is 0 Å². The Morgan fingerprint density at radius 3 is 2.38 bits per heavy atom. The Morgan fingerprint density at radius 1 is 1.19 bits per heavy atom. The average Bonchev–Trinajstić information content (AvgIpc) is 2.16. The van der Waals surface area contributed by atoms with E-state index in [-0.39, 0.29) is 6.61 Å². The fraction of sp³-hybridized carbons (Fsp3) is 0.571. The minimum atomic E-state index is 0.210. The van der Waals surface area contributed by atoms with Gasteiger partial charge in [-0.15, -0.1) is 0 Å². The maximum atomic E-state index is 8.95. The number of nitrogens with one attached hydrogen (secondary N) is 1. The van der Waals surface area contributed by atoms with Crippen LogP contribution in [0.5, 0.6) is 0 Å². The fourth-order valence-electron chi connectivity index (χ4n) is 1.83. The molecule has 1 aromatic rings. The molecule has 1 rings (SSSR count). The van der Waals surface area contributed by atoms with Gasteiger partial charge in [-0.05, 0) is 43.4 Å². The van der Waals surface area contributed by atoms with Gasteiger partial charge in [0.25, 0.3) is 0 Å². The van der Waals surface area contributed by atoms with Gasteiger partial charge in [-0.25, -0.2) is 0 Å². The zero-order valence-electron chi connectivity index (χ0n) is 10.7. The van der Waals surface area contributed by atoms with Crippen LogP contribution in [0.25, 0.3) is 0 Å². The van der Waals surface area contributed by atoms with Gasteiger partial charge >= 0.3 is 0 Å². The Bertz CT molecular complexity index is 332. The molecule has 0 aliphatic rings. The van der Waals surface area contributed by atoms with E-state index in [1.54, 1.807) is 0 Å². The highest BCUT2D eigenvalue weighted by Crippen LogP contribution is 2.26. The standard InChI is InChI=1S/C14H23NO/c1-10(2)13-6-5-12(7-8-16)9-14(13)15-11(3)4/h5-6,9-11,15-16H,7-8H2,1-4H3. The molecule has 0 saturated carbocycles. The summed E-state index contributed by atoms with van der Waals surface area (Å²) in [6.45, 7) is 8.90. The summed E-state index contributed by atoms with van der Waals surface area (Å²) in [7, 11) is 0. The maximum Gasteiger partial charge on any atom is 0.0471 e. The van der Waals surface area contributed by atoms with E-state index in [4.69, 9.17) is 5.11 Å². The third kappa shape index (κ3) is 3.53. The Kier molecular flexibility index (Phi) is 4.81. The highest BCUT2D eigenvalue weighted by Gasteiger charge is 2.08. The van der Waals surface area contributed by atoms with Gasteiger partial charge in [0.1, 0.15) is 0 Å². The third-order valence-electron chi connectivity index (χ3n) is 2.58. The van der Waals surface area contributed by atoms with Crippen molar-refractivity contribution in [2.45, 2.75) is 46.1 Å². The molecule has 0 saturated heterocycles. The summed E-state index contributed by atoms with van der Waals surface area (Å²) in [5.41, 5.74) is 3.74. The third-order valence-corrected chi connectivity index (χ3v) is 2.58. The number of rotatable bonds is 5. The minimum absolute atomic E-state index is 0.210. The molecule has 90 valence electrons. The second-order valence-electron chi connectivity index (χ2n) is 4.85. The highest BCUT2D eigenvalue weighted by molar-refractivity contribution is 5.55. The van der Waals surface area contributed by atoms with Crippen LogP contribution in [0.2, 0.25) is 0 Å². The molecule has 0 aliphatic heterocycles. The summed E-state index contributed by atoms with van der Waals surface area (Å²) in [6.07, 6.45) is 0.727. The number of hydrogen-bond acceptors (Lipinski definition) is 2. The van der Waals surface area contributed by atoms with E-state index >= 15 is 0 Å². The van der Waals surface area contributed by atoms with Crippen LogP contribution in [-0.4, -0.2) is 17.8 Å². The summed E-state index contributed by atoms with van der Waals surface area (Å²) in [5, 5.41) is 12.4. The summed E-state index contributed by atoms with van der Waals surface area (Å²) < 4.78 is 0. The van der Waals surface area contributed by atoms with Crippen LogP contribution >= 0.6 is 0 Å². The summed E-state index contributed by atoms with van der Waals surface area (Å²) in [6, 6.07) is 6.87. The van der Waals surface area contributed by atoms with Crippen molar-refractivity contribution >= 4 is 5.69 Å². The second-order valence-corrected chi connectivity index (χ2v) is 4.85. The lowest BCUT2D eigenvalue weighted by molar-refractivity contribution is 0.299. The Labute approximate surface area is 98.7 Å². The van der Waals surface area contributed by atoms with Gasteiger partial charge in [0.2, 0.25) is 0 Å². The first kappa shape index (κ1) is 13.0. The van der Waals surface area contributed by atoms with E-state index < -0.39 is 0 Å². The molecule has 2 heteroatoms. The van der Waals surface area contributed by atoms with Crippen LogP contribution in [0.15, 0.2) is 18.2 Å². The number of aliphatic hydroxyl groups is 1. The van der Waals surface area contributed by atoms with Gasteiger partial charge < -0.3 is 10.4 Å². The number of hydrogen-bond donors (Lipinski definition) is 2. The topological polar surface area (TPSA) is 32.3 Å². The molecule has 0 aromatic heterocycles. The van der Waals surface area contributed by atoms with Crippen LogP contribution in [0.4, 0.5) is 5.69 Å². The maximum absolute atomic E-state index is 8.95. The predicted molar refractivity (Wildman–Crippen MR) is 70.1 cm³/mol. The molecule has 0 unspecified atom stereocenters. The van der Waals surface area contributed by atoms with Crippen LogP contribution < -0.4 is 5.32 Å². The van der Waals surface area contributed by atoms with E-state index in [1.165, 1.54) is 16.8 Å². The fourth-order valence-corrected chi connectivity index (χ4v) is 1.83. The van der Waals surface area contributed by atoms with Gasteiger partial charge in [0.05, 0.1) is 0 Å². The van der Waals surface area contributed by atoms with Gasteiger partial charge in [0, 0.05) is 18.3 Å². The number of aliphatic hydroxyl groups excluding tert-OH is 1. The van der Waals surface area contributed by atoms with Gasteiger partial charge in [-0.1, -0.05) is 26.0 Å². The molecule has 16 heavy (non-hydrogen) atoms. The molecule has 2 nitrogen and oxygen atoms in total. The highest BCUT2D eigenvalue weighted by atomic mass is 16.2. The largest absolute Gasteiger partial charge is 0.396 e. The summed E-state index contributed by atoms with van der Waals surface area (Å²) in [4.78, 5) is 0. The van der Waals surface area contributed by atoms with E-state index in [2.05, 4.69) is 51.2 Å². The molecule has 0 amide bonds. The lowest BCUT2D eigenvalue weighted by Gasteiger charge is -2.18. The van der Waals surface area contributed by atoms with Crippen molar-refractivity contribution in [2.75, 3.05) is 11.9 Å². The van der Waals surface area contributed by atoms with Crippen molar-refractivity contribution in [1.29, 1.82) is 0 Å². The first-order valence-electron chi connectivity index (χ1n) is 6.04. The molecule has 0 aliphatic carbocycles. The van der Waals surface area contributed by atoms with Crippen molar-refractivity contribution < 1.29 is 5.11 Å². The molecule has 0 spiro atoms. The smallest absolute Gasteiger partial charge is 0.0471 e. The van der Waals surface area contributed by atoms with Crippen LogP contribution in [0.3, 0.4) is 0 Å². The van der Waals surface area contributed by atoms with Crippen LogP contribution in [0.1, 0.15) is 44.7 Å². The van der Waals surface area contributed by atoms with E-state index in [0.29, 0.717) is 12.0 Å². The van der Waals surface area contributed by atoms with Crippen molar-refractivity contribution in [1.82, 2.24) is 0 Å². The van der Waals surface area contributed by atoms with Crippen molar-refractivity contribution in [3.63, 3.8) is 0 Å². The predicted octanol–water partition coefficient (Wildman–Crippen LogP) is 3.17. The zero-order valence-corrected chi connectivity index (χ0v) is 10.7. The van der Waals surface area contributed by atoms with Crippen LogP contribution in [-0.2, 0) is 6.42 Å². The monoisotopic (exact) mass is 221 g/mol. The molecular weight excluding hydrogens is 198 g/mol. The Balaban J connectivity index is 3.00. The van der Waals surface area contributed by atoms with Gasteiger partial charge in [-0.2, -0.15) is 0 Å². The molecule has 0 atom stereocenters.